The first-order chi connectivity index (χ1) is 11.8. The molecule has 1 saturated heterocycles. The second-order valence-electron chi connectivity index (χ2n) is 6.03. The van der Waals surface area contributed by atoms with Crippen molar-refractivity contribution in [3.05, 3.63) is 47.9 Å². The maximum absolute atomic E-state index is 14.6. The van der Waals surface area contributed by atoms with Crippen molar-refractivity contribution in [2.75, 3.05) is 0 Å². The number of nitrogens with one attached hydrogen (secondary N) is 1. The number of Topliss-reactive ketones (excluding diaryl/α,β-unsaturated/α-hetero) is 1. The third kappa shape index (κ3) is 2.81. The average Bonchev–Trinajstić information content (AvgIpc) is 2.85. The number of carbonyl (C=O) groups excluding carboxylic acids is 2. The van der Waals surface area contributed by atoms with E-state index >= 15 is 0 Å². The highest BCUT2D eigenvalue weighted by Crippen LogP contribution is 2.29. The molecule has 0 bridgehead atoms. The Hall–Kier alpha value is -2.33. The Morgan fingerprint density at radius 1 is 1.32 bits per heavy atom. The highest BCUT2D eigenvalue weighted by molar-refractivity contribution is 6.07. The van der Waals surface area contributed by atoms with Gasteiger partial charge in [0.25, 0.3) is 0 Å². The van der Waals surface area contributed by atoms with Crippen LogP contribution in [-0.2, 0) is 4.74 Å². The van der Waals surface area contributed by atoms with Gasteiger partial charge < -0.3 is 20.3 Å². The molecule has 2 amide bonds. The van der Waals surface area contributed by atoms with Crippen LogP contribution in [0, 0.1) is 0 Å². The number of aliphatic hydroxyl groups is 2. The summed E-state index contributed by atoms with van der Waals surface area (Å²) in [5, 5.41) is 21.8. The van der Waals surface area contributed by atoms with Crippen molar-refractivity contribution in [1.82, 2.24) is 10.2 Å². The van der Waals surface area contributed by atoms with E-state index in [0.717, 1.165) is 4.90 Å². The normalized spacial score (nSPS) is 35.3. The molecule has 0 radical (unpaired) electrons. The van der Waals surface area contributed by atoms with Crippen LogP contribution in [0.1, 0.15) is 17.3 Å². The van der Waals surface area contributed by atoms with Gasteiger partial charge in [-0.15, -0.1) is 0 Å². The third-order valence-corrected chi connectivity index (χ3v) is 4.31. The number of nitrogens with zero attached hydrogens (tertiary/aromatic N) is 1. The van der Waals surface area contributed by atoms with Crippen molar-refractivity contribution in [1.29, 1.82) is 0 Å². The van der Waals surface area contributed by atoms with Crippen molar-refractivity contribution < 1.29 is 28.9 Å². The SMILES string of the molecule is C[C@H]1O[C@@H](N2C=C(F)C(N)(C(=O)c3ccccc3)NC2=O)[C@H](O)[C@@H]1O. The lowest BCUT2D eigenvalue weighted by atomic mass is 9.96. The van der Waals surface area contributed by atoms with Crippen molar-refractivity contribution in [3.63, 3.8) is 0 Å². The van der Waals surface area contributed by atoms with Crippen molar-refractivity contribution >= 4 is 11.8 Å². The number of hydrogen-bond acceptors (Lipinski definition) is 6. The van der Waals surface area contributed by atoms with E-state index in [2.05, 4.69) is 5.32 Å². The number of urea groups is 1. The molecule has 9 heteroatoms. The molecule has 1 unspecified atom stereocenters. The van der Waals surface area contributed by atoms with Gasteiger partial charge in [-0.25, -0.2) is 9.18 Å². The van der Waals surface area contributed by atoms with Crippen molar-refractivity contribution in [2.24, 2.45) is 5.73 Å². The summed E-state index contributed by atoms with van der Waals surface area (Å²) in [6.45, 7) is 1.50. The number of aliphatic hydroxyl groups excluding tert-OH is 2. The predicted molar refractivity (Wildman–Crippen MR) is 83.6 cm³/mol. The van der Waals surface area contributed by atoms with Gasteiger partial charge in [0.05, 0.1) is 6.10 Å². The third-order valence-electron chi connectivity index (χ3n) is 4.31. The van der Waals surface area contributed by atoms with Gasteiger partial charge in [0.15, 0.2) is 12.1 Å². The Morgan fingerprint density at radius 3 is 2.52 bits per heavy atom. The summed E-state index contributed by atoms with van der Waals surface area (Å²) < 4.78 is 19.9. The Labute approximate surface area is 142 Å². The second-order valence-corrected chi connectivity index (χ2v) is 6.03. The number of carbonyl (C=O) groups is 2. The molecule has 0 saturated carbocycles. The van der Waals surface area contributed by atoms with Gasteiger partial charge in [-0.05, 0) is 6.92 Å². The minimum absolute atomic E-state index is 0.128. The number of benzene rings is 1. The lowest BCUT2D eigenvalue weighted by molar-refractivity contribution is -0.0525. The van der Waals surface area contributed by atoms with Gasteiger partial charge in [-0.2, -0.15) is 0 Å². The van der Waals surface area contributed by atoms with Gasteiger partial charge in [0, 0.05) is 11.8 Å². The molecule has 2 aliphatic rings. The smallest absolute Gasteiger partial charge is 0.325 e. The first-order valence-corrected chi connectivity index (χ1v) is 7.64. The topological polar surface area (TPSA) is 125 Å². The van der Waals surface area contributed by atoms with Gasteiger partial charge in [0.2, 0.25) is 11.4 Å². The molecule has 3 rings (SSSR count). The molecule has 25 heavy (non-hydrogen) atoms. The fraction of sp³-hybridized carbons (Fsp3) is 0.375. The first-order valence-electron chi connectivity index (χ1n) is 7.64. The van der Waals surface area contributed by atoms with Gasteiger partial charge in [-0.3, -0.25) is 15.4 Å². The molecule has 5 N–H and O–H groups in total. The van der Waals surface area contributed by atoms with Gasteiger partial charge in [0.1, 0.15) is 12.2 Å². The molecule has 0 aromatic heterocycles. The van der Waals surface area contributed by atoms with Crippen LogP contribution in [0.3, 0.4) is 0 Å². The van der Waals surface area contributed by atoms with Crippen LogP contribution in [-0.4, -0.2) is 57.1 Å². The Kier molecular flexibility index (Phi) is 4.33. The zero-order valence-corrected chi connectivity index (χ0v) is 13.3. The summed E-state index contributed by atoms with van der Waals surface area (Å²) in [4.78, 5) is 25.6. The number of rotatable bonds is 3. The number of ketones is 1. The number of halogens is 1. The van der Waals surface area contributed by atoms with Crippen LogP contribution >= 0.6 is 0 Å². The molecule has 1 fully saturated rings. The van der Waals surface area contributed by atoms with E-state index in [9.17, 15) is 24.2 Å². The second kappa shape index (κ2) is 6.19. The monoisotopic (exact) mass is 351 g/mol. The molecule has 0 aliphatic carbocycles. The number of ether oxygens (including phenoxy) is 1. The van der Waals surface area contributed by atoms with E-state index in [1.165, 1.54) is 19.1 Å². The van der Waals surface area contributed by atoms with E-state index in [4.69, 9.17) is 10.5 Å². The zero-order chi connectivity index (χ0) is 18.4. The molecular formula is C16H18FN3O5. The average molecular weight is 351 g/mol. The van der Waals surface area contributed by atoms with Crippen LogP contribution in [0.25, 0.3) is 0 Å². The van der Waals surface area contributed by atoms with Crippen molar-refractivity contribution in [2.45, 2.75) is 37.1 Å². The summed E-state index contributed by atoms with van der Waals surface area (Å²) in [5.41, 5.74) is 3.58. The van der Waals surface area contributed by atoms with E-state index in [-0.39, 0.29) is 5.56 Å². The highest BCUT2D eigenvalue weighted by atomic mass is 19.1. The molecule has 1 aromatic rings. The van der Waals surface area contributed by atoms with Gasteiger partial charge in [-0.1, -0.05) is 30.3 Å². The summed E-state index contributed by atoms with van der Waals surface area (Å²) in [6, 6.07) is 6.81. The Morgan fingerprint density at radius 2 is 1.96 bits per heavy atom. The maximum Gasteiger partial charge on any atom is 0.325 e. The lowest BCUT2D eigenvalue weighted by Crippen LogP contribution is -2.68. The first kappa shape index (κ1) is 17.5. The van der Waals surface area contributed by atoms with Crippen LogP contribution in [0.15, 0.2) is 42.4 Å². The Balaban J connectivity index is 1.90. The van der Waals surface area contributed by atoms with Crippen LogP contribution in [0.2, 0.25) is 0 Å². The van der Waals surface area contributed by atoms with E-state index in [1.54, 1.807) is 18.2 Å². The fourth-order valence-corrected chi connectivity index (χ4v) is 2.80. The number of hydrogen-bond donors (Lipinski definition) is 4. The number of nitrogens with two attached hydrogens (primary N) is 1. The Bertz CT molecular complexity index is 728. The zero-order valence-electron chi connectivity index (χ0n) is 13.3. The summed E-state index contributed by atoms with van der Waals surface area (Å²) in [6.07, 6.45) is -4.00. The molecule has 2 aliphatic heterocycles. The molecule has 134 valence electrons. The molecule has 0 spiro atoms. The van der Waals surface area contributed by atoms with Crippen molar-refractivity contribution in [3.8, 4) is 0 Å². The molecular weight excluding hydrogens is 333 g/mol. The number of amides is 2. The van der Waals surface area contributed by atoms with Crippen LogP contribution in [0.4, 0.5) is 9.18 Å². The predicted octanol–water partition coefficient (Wildman–Crippen LogP) is -0.173. The van der Waals surface area contributed by atoms with Gasteiger partial charge >= 0.3 is 6.03 Å². The molecule has 5 atom stereocenters. The molecule has 2 heterocycles. The summed E-state index contributed by atoms with van der Waals surface area (Å²) in [5.74, 6) is -1.94. The standard InChI is InChI=1S/C16H18FN3O5/c1-8-11(21)12(22)14(25-8)20-7-10(17)16(18,19-15(20)24)13(23)9-5-3-2-4-6-9/h2-8,11-12,14,21-22H,18H2,1H3,(H,19,24)/t8-,11-,12-,14-,16?/m1/s1. The highest BCUT2D eigenvalue weighted by Gasteiger charge is 2.51. The van der Waals surface area contributed by atoms with Crippen LogP contribution < -0.4 is 11.1 Å². The van der Waals surface area contributed by atoms with E-state index in [1.807, 2.05) is 0 Å². The van der Waals surface area contributed by atoms with E-state index in [0.29, 0.717) is 6.20 Å². The minimum atomic E-state index is -2.36. The van der Waals surface area contributed by atoms with Crippen LogP contribution in [0.5, 0.6) is 0 Å². The maximum atomic E-state index is 14.6. The summed E-state index contributed by atoms with van der Waals surface area (Å²) in [7, 11) is 0. The quantitative estimate of drug-likeness (QED) is 0.560. The van der Waals surface area contributed by atoms with E-state index < -0.39 is 47.8 Å². The summed E-state index contributed by atoms with van der Waals surface area (Å²) >= 11 is 0. The molecule has 1 aromatic carbocycles. The molecule has 8 nitrogen and oxygen atoms in total. The fourth-order valence-electron chi connectivity index (χ4n) is 2.80. The largest absolute Gasteiger partial charge is 0.388 e. The lowest BCUT2D eigenvalue weighted by Gasteiger charge is -2.37. The minimum Gasteiger partial charge on any atom is -0.388 e.